The van der Waals surface area contributed by atoms with Gasteiger partial charge in [0, 0.05) is 52.2 Å². The van der Waals surface area contributed by atoms with Crippen molar-refractivity contribution in [1.82, 2.24) is 25.1 Å². The van der Waals surface area contributed by atoms with Crippen molar-refractivity contribution in [2.75, 3.05) is 26.7 Å². The van der Waals surface area contributed by atoms with Gasteiger partial charge in [-0.05, 0) is 29.3 Å². The third-order valence-corrected chi connectivity index (χ3v) is 5.41. The van der Waals surface area contributed by atoms with Crippen LogP contribution in [0, 0.1) is 0 Å². The molecular formula is C24H27N5O2. The number of piperazine rings is 1. The first-order valence-electron chi connectivity index (χ1n) is 10.5. The third kappa shape index (κ3) is 5.65. The van der Waals surface area contributed by atoms with Gasteiger partial charge in [0.15, 0.2) is 0 Å². The molecular weight excluding hydrogens is 390 g/mol. The summed E-state index contributed by atoms with van der Waals surface area (Å²) < 4.78 is 5.76. The molecule has 160 valence electrons. The average molecular weight is 418 g/mol. The number of amides is 1. The number of hydrogen-bond acceptors (Lipinski definition) is 6. The van der Waals surface area contributed by atoms with Gasteiger partial charge in [0.2, 0.25) is 5.91 Å². The van der Waals surface area contributed by atoms with Crippen molar-refractivity contribution in [2.45, 2.75) is 19.1 Å². The number of aromatic nitrogens is 2. The summed E-state index contributed by atoms with van der Waals surface area (Å²) in [5.74, 6) is 0.728. The summed E-state index contributed by atoms with van der Waals surface area (Å²) >= 11 is 0. The van der Waals surface area contributed by atoms with Crippen molar-refractivity contribution in [3.05, 3.63) is 84.2 Å². The number of nitrogens with one attached hydrogen (secondary N) is 1. The van der Waals surface area contributed by atoms with Gasteiger partial charge in [-0.1, -0.05) is 42.5 Å². The number of ether oxygens (including phenoxy) is 1. The molecule has 1 aliphatic heterocycles. The third-order valence-electron chi connectivity index (χ3n) is 5.41. The summed E-state index contributed by atoms with van der Waals surface area (Å²) in [6.45, 7) is 3.95. The lowest BCUT2D eigenvalue weighted by atomic mass is 10.1. The van der Waals surface area contributed by atoms with Crippen LogP contribution in [-0.4, -0.2) is 58.4 Å². The second-order valence-corrected chi connectivity index (χ2v) is 7.60. The van der Waals surface area contributed by atoms with Crippen LogP contribution in [0.4, 0.5) is 0 Å². The van der Waals surface area contributed by atoms with E-state index < -0.39 is 0 Å². The van der Waals surface area contributed by atoms with Crippen molar-refractivity contribution in [3.63, 3.8) is 0 Å². The smallest absolute Gasteiger partial charge is 0.321 e. The summed E-state index contributed by atoms with van der Waals surface area (Å²) in [4.78, 5) is 25.4. The zero-order chi connectivity index (χ0) is 21.5. The molecule has 1 unspecified atom stereocenters. The Kier molecular flexibility index (Phi) is 6.86. The number of likely N-dealkylation sites (N-methyl/N-ethyl adjacent to an activating group) is 1. The Morgan fingerprint density at radius 2 is 1.77 bits per heavy atom. The first-order valence-corrected chi connectivity index (χ1v) is 10.5. The maximum atomic E-state index is 12.7. The van der Waals surface area contributed by atoms with Crippen LogP contribution in [0.1, 0.15) is 11.1 Å². The zero-order valence-corrected chi connectivity index (χ0v) is 17.6. The van der Waals surface area contributed by atoms with Gasteiger partial charge >= 0.3 is 6.01 Å². The Hall–Kier alpha value is -3.29. The standard InChI is InChI=1S/C24H27N5O2/c1-25-23(30)22-18-28(16-19-7-3-2-4-8-19)13-14-29(22)17-20-9-5-10-21(15-20)31-24-26-11-6-12-27-24/h2-12,15,22H,13-14,16-18H2,1H3,(H,25,30). The highest BCUT2D eigenvalue weighted by Gasteiger charge is 2.31. The van der Waals surface area contributed by atoms with E-state index in [9.17, 15) is 4.79 Å². The fourth-order valence-electron chi connectivity index (χ4n) is 3.85. The molecule has 1 N–H and O–H groups in total. The van der Waals surface area contributed by atoms with E-state index in [1.165, 1.54) is 5.56 Å². The molecule has 0 radical (unpaired) electrons. The molecule has 1 aliphatic rings. The fraction of sp³-hybridized carbons (Fsp3) is 0.292. The van der Waals surface area contributed by atoms with Gasteiger partial charge in [-0.25, -0.2) is 9.97 Å². The van der Waals surface area contributed by atoms with Crippen LogP contribution in [0.5, 0.6) is 11.8 Å². The van der Waals surface area contributed by atoms with Gasteiger partial charge in [0.25, 0.3) is 0 Å². The molecule has 1 aromatic heterocycles. The molecule has 0 saturated carbocycles. The molecule has 1 atom stereocenters. The Balaban J connectivity index is 1.43. The summed E-state index contributed by atoms with van der Waals surface area (Å²) in [7, 11) is 1.70. The molecule has 4 rings (SSSR count). The molecule has 1 saturated heterocycles. The molecule has 3 aromatic rings. The second-order valence-electron chi connectivity index (χ2n) is 7.60. The number of carbonyl (C=O) groups excluding carboxylic acids is 1. The minimum Gasteiger partial charge on any atom is -0.424 e. The lowest BCUT2D eigenvalue weighted by molar-refractivity contribution is -0.128. The van der Waals surface area contributed by atoms with Gasteiger partial charge in [-0.3, -0.25) is 14.6 Å². The van der Waals surface area contributed by atoms with Crippen molar-refractivity contribution < 1.29 is 9.53 Å². The monoisotopic (exact) mass is 417 g/mol. The van der Waals surface area contributed by atoms with Crippen LogP contribution < -0.4 is 10.1 Å². The zero-order valence-electron chi connectivity index (χ0n) is 17.6. The number of rotatable bonds is 7. The van der Waals surface area contributed by atoms with Crippen LogP contribution in [-0.2, 0) is 17.9 Å². The molecule has 0 bridgehead atoms. The molecule has 7 nitrogen and oxygen atoms in total. The highest BCUT2D eigenvalue weighted by Crippen LogP contribution is 2.22. The lowest BCUT2D eigenvalue weighted by Crippen LogP contribution is -2.57. The Bertz CT molecular complexity index is 984. The Morgan fingerprint density at radius 3 is 2.55 bits per heavy atom. The number of carbonyl (C=O) groups is 1. The molecule has 2 aromatic carbocycles. The maximum absolute atomic E-state index is 12.7. The van der Waals surface area contributed by atoms with Crippen LogP contribution in [0.15, 0.2) is 73.1 Å². The number of benzene rings is 2. The van der Waals surface area contributed by atoms with Crippen LogP contribution >= 0.6 is 0 Å². The molecule has 1 amide bonds. The van der Waals surface area contributed by atoms with E-state index in [-0.39, 0.29) is 11.9 Å². The molecule has 2 heterocycles. The topological polar surface area (TPSA) is 70.6 Å². The van der Waals surface area contributed by atoms with E-state index in [1.807, 2.05) is 24.3 Å². The first-order chi connectivity index (χ1) is 15.2. The fourth-order valence-corrected chi connectivity index (χ4v) is 3.85. The minimum absolute atomic E-state index is 0.0443. The van der Waals surface area contributed by atoms with Crippen molar-refractivity contribution in [2.24, 2.45) is 0 Å². The van der Waals surface area contributed by atoms with Gasteiger partial charge in [-0.15, -0.1) is 0 Å². The van der Waals surface area contributed by atoms with Crippen molar-refractivity contribution in [3.8, 4) is 11.8 Å². The van der Waals surface area contributed by atoms with Gasteiger partial charge < -0.3 is 10.1 Å². The number of nitrogens with zero attached hydrogens (tertiary/aromatic N) is 4. The van der Waals surface area contributed by atoms with E-state index in [0.29, 0.717) is 24.8 Å². The second kappa shape index (κ2) is 10.1. The quantitative estimate of drug-likeness (QED) is 0.637. The van der Waals surface area contributed by atoms with Crippen molar-refractivity contribution in [1.29, 1.82) is 0 Å². The minimum atomic E-state index is -0.204. The largest absolute Gasteiger partial charge is 0.424 e. The first kappa shape index (κ1) is 21.0. The molecule has 0 aliphatic carbocycles. The average Bonchev–Trinajstić information content (AvgIpc) is 2.81. The van der Waals surface area contributed by atoms with E-state index in [4.69, 9.17) is 4.74 Å². The summed E-state index contributed by atoms with van der Waals surface area (Å²) in [5.41, 5.74) is 2.35. The predicted octanol–water partition coefficient (Wildman–Crippen LogP) is 2.70. The molecule has 31 heavy (non-hydrogen) atoms. The lowest BCUT2D eigenvalue weighted by Gasteiger charge is -2.40. The maximum Gasteiger partial charge on any atom is 0.321 e. The summed E-state index contributed by atoms with van der Waals surface area (Å²) in [6.07, 6.45) is 3.30. The SMILES string of the molecule is CNC(=O)C1CN(Cc2ccccc2)CCN1Cc1cccc(Oc2ncccn2)c1. The van der Waals surface area contributed by atoms with E-state index in [0.717, 1.165) is 25.2 Å². The summed E-state index contributed by atoms with van der Waals surface area (Å²) in [6, 6.07) is 20.1. The van der Waals surface area contributed by atoms with E-state index in [2.05, 4.69) is 55.4 Å². The van der Waals surface area contributed by atoms with Crippen LogP contribution in [0.2, 0.25) is 0 Å². The van der Waals surface area contributed by atoms with E-state index in [1.54, 1.807) is 25.5 Å². The summed E-state index contributed by atoms with van der Waals surface area (Å²) in [5, 5.41) is 2.83. The normalized spacial score (nSPS) is 17.3. The Labute approximate surface area is 182 Å². The van der Waals surface area contributed by atoms with Crippen molar-refractivity contribution >= 4 is 5.91 Å². The van der Waals surface area contributed by atoms with Gasteiger partial charge in [0.05, 0.1) is 0 Å². The van der Waals surface area contributed by atoms with Crippen LogP contribution in [0.3, 0.4) is 0 Å². The van der Waals surface area contributed by atoms with E-state index >= 15 is 0 Å². The highest BCUT2D eigenvalue weighted by molar-refractivity contribution is 5.81. The molecule has 0 spiro atoms. The molecule has 1 fully saturated rings. The van der Waals surface area contributed by atoms with Crippen LogP contribution in [0.25, 0.3) is 0 Å². The predicted molar refractivity (Wildman–Crippen MR) is 119 cm³/mol. The number of hydrogen-bond donors (Lipinski definition) is 1. The van der Waals surface area contributed by atoms with Gasteiger partial charge in [-0.2, -0.15) is 0 Å². The van der Waals surface area contributed by atoms with Gasteiger partial charge in [0.1, 0.15) is 11.8 Å². The molecule has 7 heteroatoms. The Morgan fingerprint density at radius 1 is 1.00 bits per heavy atom. The highest BCUT2D eigenvalue weighted by atomic mass is 16.5.